The lowest BCUT2D eigenvalue weighted by Gasteiger charge is -2.68. The number of fused-ring (bicyclic) bond motifs is 4. The molecular weight excluding hydrogens is 360 g/mol. The van der Waals surface area contributed by atoms with Crippen molar-refractivity contribution in [2.45, 2.75) is 58.8 Å². The molecule has 2 saturated carbocycles. The number of carbonyl (C=O) groups is 2. The van der Waals surface area contributed by atoms with Gasteiger partial charge in [0.05, 0.1) is 19.3 Å². The average molecular weight is 390 g/mol. The van der Waals surface area contributed by atoms with Crippen molar-refractivity contribution in [2.24, 2.45) is 40.4 Å². The van der Waals surface area contributed by atoms with Gasteiger partial charge in [0.2, 0.25) is 5.78 Å². The van der Waals surface area contributed by atoms with Crippen LogP contribution in [0.25, 0.3) is 0 Å². The molecule has 0 aromatic carbocycles. The molecule has 2 saturated heterocycles. The van der Waals surface area contributed by atoms with Crippen molar-refractivity contribution >= 4 is 11.8 Å². The van der Waals surface area contributed by atoms with E-state index in [2.05, 4.69) is 27.7 Å². The molecule has 0 bridgehead atoms. The summed E-state index contributed by atoms with van der Waals surface area (Å²) < 4.78 is 23.6. The molecule has 10 atom stereocenters. The van der Waals surface area contributed by atoms with Crippen LogP contribution in [-0.2, 0) is 28.5 Å². The molecule has 0 spiro atoms. The topological polar surface area (TPSA) is 71.1 Å². The van der Waals surface area contributed by atoms with E-state index in [1.807, 2.05) is 6.08 Å². The number of hydrogen-bond donors (Lipinski definition) is 0. The smallest absolute Gasteiger partial charge is 0.306 e. The highest BCUT2D eigenvalue weighted by Gasteiger charge is 2.74. The van der Waals surface area contributed by atoms with Crippen molar-refractivity contribution in [2.75, 3.05) is 13.9 Å². The summed E-state index contributed by atoms with van der Waals surface area (Å²) in [6.07, 6.45) is 2.57. The molecule has 6 nitrogen and oxygen atoms in total. The molecule has 0 N–H and O–H groups in total. The van der Waals surface area contributed by atoms with Crippen molar-refractivity contribution in [3.8, 4) is 0 Å². The Morgan fingerprint density at radius 2 is 1.82 bits per heavy atom. The summed E-state index contributed by atoms with van der Waals surface area (Å²) >= 11 is 0. The molecular formula is C22H30O6. The van der Waals surface area contributed by atoms with Gasteiger partial charge in [-0.05, 0) is 36.2 Å². The van der Waals surface area contributed by atoms with E-state index in [0.717, 1.165) is 0 Å². The molecule has 0 amide bonds. The Balaban J connectivity index is 1.72. The molecule has 3 aliphatic carbocycles. The monoisotopic (exact) mass is 390 g/mol. The second-order valence-electron chi connectivity index (χ2n) is 9.92. The van der Waals surface area contributed by atoms with Crippen molar-refractivity contribution < 1.29 is 28.5 Å². The van der Waals surface area contributed by atoms with Crippen LogP contribution < -0.4 is 0 Å². The lowest BCUT2D eigenvalue weighted by Crippen LogP contribution is -2.73. The Kier molecular flexibility index (Phi) is 3.87. The number of carbonyl (C=O) groups excluding carboxylic acids is 2. The zero-order valence-corrected chi connectivity index (χ0v) is 17.3. The van der Waals surface area contributed by atoms with Crippen LogP contribution >= 0.6 is 0 Å². The van der Waals surface area contributed by atoms with E-state index in [1.165, 1.54) is 0 Å². The SMILES string of the molecule is COC1=C[C@@H](C)[C@@H]2C[C@H]3OC(=O)C[C@H]4[C@@H](C)[C@@H]5OCO[C@H]5[C@@H]([C@@]2(C)C1=O)[C@@]34C. The van der Waals surface area contributed by atoms with Crippen LogP contribution in [0.4, 0.5) is 0 Å². The standard InChI is InChI=1S/C22H30O6/c1-10-6-14(25-5)20(24)22(4)12(10)7-15-21(3)13(8-16(23)28-15)11(2)17-18(19(21)22)27-9-26-17/h6,10-13,15,17-19H,7-9H2,1-5H3/t10-,11-,12+,13+,15-,17+,18-,19-,21-,22+/m1/s1. The third-order valence-corrected chi connectivity index (χ3v) is 9.02. The first-order chi connectivity index (χ1) is 13.2. The maximum absolute atomic E-state index is 13.7. The molecule has 5 aliphatic rings. The highest BCUT2D eigenvalue weighted by atomic mass is 16.7. The molecule has 6 heteroatoms. The van der Waals surface area contributed by atoms with Crippen LogP contribution in [-0.4, -0.2) is 44.0 Å². The average Bonchev–Trinajstić information content (AvgIpc) is 3.12. The minimum absolute atomic E-state index is 0.0576. The Bertz CT molecular complexity index is 760. The Morgan fingerprint density at radius 1 is 1.11 bits per heavy atom. The summed E-state index contributed by atoms with van der Waals surface area (Å²) in [6, 6.07) is 0. The maximum atomic E-state index is 13.7. The first-order valence-corrected chi connectivity index (χ1v) is 10.5. The normalized spacial score (nSPS) is 54.8. The fraction of sp³-hybridized carbons (Fsp3) is 0.818. The van der Waals surface area contributed by atoms with E-state index in [9.17, 15) is 9.59 Å². The number of hydrogen-bond acceptors (Lipinski definition) is 6. The van der Waals surface area contributed by atoms with Crippen molar-refractivity contribution in [1.29, 1.82) is 0 Å². The van der Waals surface area contributed by atoms with Gasteiger partial charge in [-0.3, -0.25) is 9.59 Å². The third kappa shape index (κ3) is 2.01. The van der Waals surface area contributed by atoms with E-state index in [1.54, 1.807) is 7.11 Å². The fourth-order valence-electron chi connectivity index (χ4n) is 7.78. The quantitative estimate of drug-likeness (QED) is 0.641. The van der Waals surface area contributed by atoms with Crippen LogP contribution in [0.2, 0.25) is 0 Å². The van der Waals surface area contributed by atoms with Crippen molar-refractivity contribution in [1.82, 2.24) is 0 Å². The predicted molar refractivity (Wildman–Crippen MR) is 98.8 cm³/mol. The van der Waals surface area contributed by atoms with Crippen LogP contribution in [0, 0.1) is 40.4 Å². The Labute approximate surface area is 165 Å². The van der Waals surface area contributed by atoms with E-state index in [4.69, 9.17) is 18.9 Å². The first kappa shape index (κ1) is 18.6. The van der Waals surface area contributed by atoms with Gasteiger partial charge < -0.3 is 18.9 Å². The van der Waals surface area contributed by atoms with Crippen LogP contribution in [0.15, 0.2) is 11.8 Å². The molecule has 4 fully saturated rings. The molecule has 5 rings (SSSR count). The van der Waals surface area contributed by atoms with Crippen LogP contribution in [0.3, 0.4) is 0 Å². The van der Waals surface area contributed by atoms with Gasteiger partial charge in [0.25, 0.3) is 0 Å². The zero-order valence-electron chi connectivity index (χ0n) is 17.3. The lowest BCUT2D eigenvalue weighted by molar-refractivity contribution is -0.261. The second-order valence-corrected chi connectivity index (χ2v) is 9.92. The fourth-order valence-corrected chi connectivity index (χ4v) is 7.78. The van der Waals surface area contributed by atoms with Gasteiger partial charge in [0.15, 0.2) is 5.76 Å². The van der Waals surface area contributed by atoms with Gasteiger partial charge in [-0.2, -0.15) is 0 Å². The summed E-state index contributed by atoms with van der Waals surface area (Å²) in [7, 11) is 1.57. The van der Waals surface area contributed by atoms with Gasteiger partial charge in [-0.1, -0.05) is 27.7 Å². The first-order valence-electron chi connectivity index (χ1n) is 10.5. The number of methoxy groups -OCH3 is 1. The van der Waals surface area contributed by atoms with E-state index in [0.29, 0.717) is 18.6 Å². The van der Waals surface area contributed by atoms with E-state index < -0.39 is 5.41 Å². The number of Topliss-reactive ketones (excluding diaryl/α,β-unsaturated/α-hetero) is 1. The Hall–Kier alpha value is -1.40. The summed E-state index contributed by atoms with van der Waals surface area (Å²) in [5, 5.41) is 0. The van der Waals surface area contributed by atoms with E-state index in [-0.39, 0.29) is 71.9 Å². The highest BCUT2D eigenvalue weighted by Crippen LogP contribution is 2.69. The number of ether oxygens (including phenoxy) is 4. The summed E-state index contributed by atoms with van der Waals surface area (Å²) in [6.45, 7) is 8.85. The number of rotatable bonds is 1. The number of allylic oxidation sites excluding steroid dienone is 2. The van der Waals surface area contributed by atoms with Crippen molar-refractivity contribution in [3.05, 3.63) is 11.8 Å². The maximum Gasteiger partial charge on any atom is 0.306 e. The zero-order chi connectivity index (χ0) is 20.0. The molecule has 0 aromatic heterocycles. The second kappa shape index (κ2) is 5.82. The largest absolute Gasteiger partial charge is 0.493 e. The molecule has 2 aliphatic heterocycles. The molecule has 0 aromatic rings. The predicted octanol–water partition coefficient (Wildman–Crippen LogP) is 2.71. The highest BCUT2D eigenvalue weighted by molar-refractivity contribution is 5.99. The van der Waals surface area contributed by atoms with Crippen molar-refractivity contribution in [3.63, 3.8) is 0 Å². The third-order valence-electron chi connectivity index (χ3n) is 9.02. The van der Waals surface area contributed by atoms with Crippen LogP contribution in [0.5, 0.6) is 0 Å². The van der Waals surface area contributed by atoms with Gasteiger partial charge in [0, 0.05) is 23.2 Å². The van der Waals surface area contributed by atoms with Gasteiger partial charge in [-0.25, -0.2) is 0 Å². The van der Waals surface area contributed by atoms with Gasteiger partial charge >= 0.3 is 5.97 Å². The number of ketones is 1. The molecule has 154 valence electrons. The molecule has 28 heavy (non-hydrogen) atoms. The number of esters is 1. The Morgan fingerprint density at radius 3 is 2.54 bits per heavy atom. The summed E-state index contributed by atoms with van der Waals surface area (Å²) in [4.78, 5) is 26.2. The lowest BCUT2D eigenvalue weighted by atomic mass is 9.38. The summed E-state index contributed by atoms with van der Waals surface area (Å²) in [5.41, 5.74) is -0.956. The van der Waals surface area contributed by atoms with Crippen LogP contribution in [0.1, 0.15) is 40.5 Å². The minimum Gasteiger partial charge on any atom is -0.493 e. The molecule has 0 unspecified atom stereocenters. The molecule has 0 radical (unpaired) electrons. The minimum atomic E-state index is -0.635. The summed E-state index contributed by atoms with van der Waals surface area (Å²) in [5.74, 6) is 0.825. The van der Waals surface area contributed by atoms with Gasteiger partial charge in [0.1, 0.15) is 12.9 Å². The van der Waals surface area contributed by atoms with E-state index >= 15 is 0 Å². The molecule has 2 heterocycles. The van der Waals surface area contributed by atoms with Gasteiger partial charge in [-0.15, -0.1) is 0 Å².